The fourth-order valence-corrected chi connectivity index (χ4v) is 3.33. The number of hydrogen-bond acceptors (Lipinski definition) is 6. The van der Waals surface area contributed by atoms with Gasteiger partial charge >= 0.3 is 0 Å². The van der Waals surface area contributed by atoms with E-state index in [0.717, 1.165) is 10.9 Å². The number of pyridine rings is 1. The van der Waals surface area contributed by atoms with Crippen molar-refractivity contribution in [1.82, 2.24) is 4.98 Å². The molecule has 0 amide bonds. The third-order valence-corrected chi connectivity index (χ3v) is 5.01. The zero-order valence-corrected chi connectivity index (χ0v) is 14.8. The molecule has 7 nitrogen and oxygen atoms in total. The number of benzene rings is 3. The lowest BCUT2D eigenvalue weighted by molar-refractivity contribution is 0.483. The molecule has 0 atom stereocenters. The predicted molar refractivity (Wildman–Crippen MR) is 104 cm³/mol. The van der Waals surface area contributed by atoms with Gasteiger partial charge in [0.25, 0.3) is 10.1 Å². The van der Waals surface area contributed by atoms with Crippen LogP contribution < -0.4 is 5.73 Å². The maximum absolute atomic E-state index is 11.4. The van der Waals surface area contributed by atoms with E-state index in [2.05, 4.69) is 15.2 Å². The van der Waals surface area contributed by atoms with Gasteiger partial charge in [-0.1, -0.05) is 12.1 Å². The van der Waals surface area contributed by atoms with Crippen LogP contribution in [0.15, 0.2) is 82.0 Å². The molecule has 0 unspecified atom stereocenters. The highest BCUT2D eigenvalue weighted by Crippen LogP contribution is 2.33. The van der Waals surface area contributed by atoms with Gasteiger partial charge in [0.1, 0.15) is 0 Å². The highest BCUT2D eigenvalue weighted by Gasteiger charge is 2.12. The molecule has 1 aromatic heterocycles. The molecule has 4 rings (SSSR count). The van der Waals surface area contributed by atoms with E-state index in [4.69, 9.17) is 5.73 Å². The summed E-state index contributed by atoms with van der Waals surface area (Å²) in [7, 11) is -4.32. The fraction of sp³-hybridized carbons (Fsp3) is 0. The van der Waals surface area contributed by atoms with Gasteiger partial charge in [-0.3, -0.25) is 9.54 Å². The quantitative estimate of drug-likeness (QED) is 0.306. The molecule has 3 N–H and O–H groups in total. The average molecular weight is 378 g/mol. The standard InChI is InChI=1S/C19H14N4O3S/c20-17-6-8-19(15-5-4-14(11-16(15)17)27(24,25)26)23-22-13-3-7-18-12(10-13)2-1-9-21-18/h1-11H,20H2,(H,24,25,26). The summed E-state index contributed by atoms with van der Waals surface area (Å²) in [5.74, 6) is 0. The lowest BCUT2D eigenvalue weighted by atomic mass is 10.1. The predicted octanol–water partition coefficient (Wildman–Crippen LogP) is 4.63. The number of nitrogens with zero attached hydrogens (tertiary/aromatic N) is 3. The molecule has 0 fully saturated rings. The van der Waals surface area contributed by atoms with E-state index >= 15 is 0 Å². The zero-order valence-electron chi connectivity index (χ0n) is 13.9. The van der Waals surface area contributed by atoms with Crippen molar-refractivity contribution in [2.45, 2.75) is 4.90 Å². The van der Waals surface area contributed by atoms with Crippen LogP contribution in [0.5, 0.6) is 0 Å². The second-order valence-corrected chi connectivity index (χ2v) is 7.36. The first kappa shape index (κ1) is 17.1. The number of hydrogen-bond donors (Lipinski definition) is 2. The molecule has 0 radical (unpaired) electrons. The molecule has 27 heavy (non-hydrogen) atoms. The number of azo groups is 1. The first-order valence-electron chi connectivity index (χ1n) is 7.98. The molecule has 0 spiro atoms. The molecule has 4 aromatic rings. The van der Waals surface area contributed by atoms with Crippen molar-refractivity contribution in [3.8, 4) is 0 Å². The number of aromatic nitrogens is 1. The molecule has 134 valence electrons. The van der Waals surface area contributed by atoms with Gasteiger partial charge in [0, 0.05) is 28.0 Å². The molecular weight excluding hydrogens is 364 g/mol. The minimum atomic E-state index is -4.32. The van der Waals surface area contributed by atoms with Crippen LogP contribution >= 0.6 is 0 Å². The molecule has 8 heteroatoms. The SMILES string of the molecule is Nc1ccc(N=Nc2ccc3ncccc3c2)c2ccc(S(=O)(=O)O)cc12. The van der Waals surface area contributed by atoms with Gasteiger partial charge in [0.05, 0.1) is 21.8 Å². The number of fused-ring (bicyclic) bond motifs is 2. The summed E-state index contributed by atoms with van der Waals surface area (Å²) in [5.41, 5.74) is 8.40. The Balaban J connectivity index is 1.78. The monoisotopic (exact) mass is 378 g/mol. The molecule has 0 saturated heterocycles. The van der Waals surface area contributed by atoms with Crippen molar-refractivity contribution in [2.24, 2.45) is 10.2 Å². The van der Waals surface area contributed by atoms with Crippen LogP contribution in [0.3, 0.4) is 0 Å². The van der Waals surface area contributed by atoms with Gasteiger partial charge < -0.3 is 5.73 Å². The van der Waals surface area contributed by atoms with Gasteiger partial charge in [-0.2, -0.15) is 13.5 Å². The maximum Gasteiger partial charge on any atom is 0.294 e. The normalized spacial score (nSPS) is 12.2. The summed E-state index contributed by atoms with van der Waals surface area (Å²) in [6.45, 7) is 0. The Morgan fingerprint density at radius 1 is 0.926 bits per heavy atom. The molecule has 0 saturated carbocycles. The molecular formula is C19H14N4O3S. The summed E-state index contributed by atoms with van der Waals surface area (Å²) >= 11 is 0. The molecule has 1 heterocycles. The van der Waals surface area contributed by atoms with E-state index in [0.29, 0.717) is 27.8 Å². The van der Waals surface area contributed by atoms with E-state index < -0.39 is 10.1 Å². The molecule has 3 aromatic carbocycles. The number of anilines is 1. The highest BCUT2D eigenvalue weighted by molar-refractivity contribution is 7.85. The van der Waals surface area contributed by atoms with Gasteiger partial charge in [-0.15, -0.1) is 5.11 Å². The lowest BCUT2D eigenvalue weighted by Crippen LogP contribution is -1.98. The first-order chi connectivity index (χ1) is 12.9. The Morgan fingerprint density at radius 3 is 2.59 bits per heavy atom. The van der Waals surface area contributed by atoms with Crippen LogP contribution in [-0.2, 0) is 10.1 Å². The van der Waals surface area contributed by atoms with Crippen molar-refractivity contribution in [3.63, 3.8) is 0 Å². The lowest BCUT2D eigenvalue weighted by Gasteiger charge is -2.06. The molecule has 0 bridgehead atoms. The van der Waals surface area contributed by atoms with E-state index in [1.165, 1.54) is 12.1 Å². The van der Waals surface area contributed by atoms with Crippen molar-refractivity contribution in [1.29, 1.82) is 0 Å². The largest absolute Gasteiger partial charge is 0.398 e. The van der Waals surface area contributed by atoms with Crippen LogP contribution in [0, 0.1) is 0 Å². The first-order valence-corrected chi connectivity index (χ1v) is 9.42. The minimum Gasteiger partial charge on any atom is -0.398 e. The van der Waals surface area contributed by atoms with Gasteiger partial charge in [0.2, 0.25) is 0 Å². The van der Waals surface area contributed by atoms with Crippen molar-refractivity contribution in [3.05, 3.63) is 66.9 Å². The number of nitrogens with two attached hydrogens (primary N) is 1. The Bertz CT molecular complexity index is 1320. The third kappa shape index (κ3) is 3.35. The summed E-state index contributed by atoms with van der Waals surface area (Å²) in [4.78, 5) is 4.04. The second-order valence-electron chi connectivity index (χ2n) is 5.94. The Hall–Kier alpha value is -3.36. The van der Waals surface area contributed by atoms with Crippen molar-refractivity contribution in [2.75, 3.05) is 5.73 Å². The summed E-state index contributed by atoms with van der Waals surface area (Å²) < 4.78 is 31.9. The van der Waals surface area contributed by atoms with Crippen LogP contribution in [0.4, 0.5) is 17.1 Å². The van der Waals surface area contributed by atoms with Crippen LogP contribution in [0.1, 0.15) is 0 Å². The summed E-state index contributed by atoms with van der Waals surface area (Å²) in [6, 6.07) is 16.8. The smallest absolute Gasteiger partial charge is 0.294 e. The zero-order chi connectivity index (χ0) is 19.0. The van der Waals surface area contributed by atoms with Crippen LogP contribution in [0.2, 0.25) is 0 Å². The minimum absolute atomic E-state index is 0.224. The average Bonchev–Trinajstić information content (AvgIpc) is 2.66. The summed E-state index contributed by atoms with van der Waals surface area (Å²) in [6.07, 6.45) is 1.73. The molecule has 0 aliphatic heterocycles. The van der Waals surface area contributed by atoms with E-state index in [1.807, 2.05) is 30.3 Å². The van der Waals surface area contributed by atoms with Crippen molar-refractivity contribution >= 4 is 48.9 Å². The second kappa shape index (κ2) is 6.42. The fourth-order valence-electron chi connectivity index (χ4n) is 2.82. The van der Waals surface area contributed by atoms with Crippen molar-refractivity contribution < 1.29 is 13.0 Å². The van der Waals surface area contributed by atoms with E-state index in [1.54, 1.807) is 24.4 Å². The van der Waals surface area contributed by atoms with Gasteiger partial charge in [-0.05, 0) is 48.5 Å². The van der Waals surface area contributed by atoms with Crippen LogP contribution in [0.25, 0.3) is 21.7 Å². The maximum atomic E-state index is 11.4. The summed E-state index contributed by atoms with van der Waals surface area (Å²) in [5, 5.41) is 10.6. The third-order valence-electron chi connectivity index (χ3n) is 4.16. The Kier molecular flexibility index (Phi) is 4.06. The Morgan fingerprint density at radius 2 is 1.78 bits per heavy atom. The number of rotatable bonds is 3. The molecule has 0 aliphatic rings. The Labute approximate surface area is 154 Å². The molecule has 0 aliphatic carbocycles. The van der Waals surface area contributed by atoms with Gasteiger partial charge in [0.15, 0.2) is 0 Å². The highest BCUT2D eigenvalue weighted by atomic mass is 32.2. The van der Waals surface area contributed by atoms with E-state index in [-0.39, 0.29) is 4.90 Å². The topological polar surface area (TPSA) is 118 Å². The number of nitrogen functional groups attached to an aromatic ring is 1. The van der Waals surface area contributed by atoms with E-state index in [9.17, 15) is 13.0 Å². The van der Waals surface area contributed by atoms with Crippen LogP contribution in [-0.4, -0.2) is 18.0 Å². The van der Waals surface area contributed by atoms with Gasteiger partial charge in [-0.25, -0.2) is 0 Å².